The number of aromatic nitrogens is 1. The van der Waals surface area contributed by atoms with Crippen LogP contribution < -0.4 is 10.1 Å². The van der Waals surface area contributed by atoms with E-state index in [1.54, 1.807) is 23.1 Å². The van der Waals surface area contributed by atoms with Crippen LogP contribution in [0.15, 0.2) is 29.6 Å². The summed E-state index contributed by atoms with van der Waals surface area (Å²) in [7, 11) is 0. The van der Waals surface area contributed by atoms with E-state index in [2.05, 4.69) is 15.7 Å². The highest BCUT2D eigenvalue weighted by Crippen LogP contribution is 2.28. The molecular formula is C18H22N2O2S2. The third kappa shape index (κ3) is 4.74. The minimum Gasteiger partial charge on any atom is -0.494 e. The number of amides is 1. The Kier molecular flexibility index (Phi) is 5.79. The highest BCUT2D eigenvalue weighted by atomic mass is 32.2. The fourth-order valence-corrected chi connectivity index (χ4v) is 3.92. The number of nitrogens with one attached hydrogen (secondary N) is 1. The van der Waals surface area contributed by atoms with E-state index < -0.39 is 0 Å². The summed E-state index contributed by atoms with van der Waals surface area (Å²) < 4.78 is 5.46. The summed E-state index contributed by atoms with van der Waals surface area (Å²) in [4.78, 5) is 16.7. The molecule has 1 saturated carbocycles. The van der Waals surface area contributed by atoms with Gasteiger partial charge >= 0.3 is 0 Å². The lowest BCUT2D eigenvalue weighted by molar-refractivity contribution is -0.120. The molecule has 0 bridgehead atoms. The van der Waals surface area contributed by atoms with E-state index in [1.807, 2.05) is 38.1 Å². The van der Waals surface area contributed by atoms with E-state index in [1.165, 1.54) is 0 Å². The van der Waals surface area contributed by atoms with Crippen LogP contribution in [0, 0.1) is 0 Å². The zero-order valence-electron chi connectivity index (χ0n) is 14.0. The molecule has 0 radical (unpaired) electrons. The first-order valence-corrected chi connectivity index (χ1v) is 10.2. The van der Waals surface area contributed by atoms with E-state index in [0.717, 1.165) is 40.6 Å². The molecular weight excluding hydrogens is 340 g/mol. The molecule has 128 valence electrons. The lowest BCUT2D eigenvalue weighted by atomic mass is 10.2. The summed E-state index contributed by atoms with van der Waals surface area (Å²) in [6.07, 6.45) is 2.25. The fourth-order valence-electron chi connectivity index (χ4n) is 2.20. The maximum Gasteiger partial charge on any atom is 0.233 e. The van der Waals surface area contributed by atoms with Crippen LogP contribution in [0.3, 0.4) is 0 Å². The number of thioether (sulfide) groups is 1. The van der Waals surface area contributed by atoms with Crippen molar-refractivity contribution in [3.63, 3.8) is 0 Å². The number of carbonyl (C=O) groups is 1. The van der Waals surface area contributed by atoms with Gasteiger partial charge in [-0.05, 0) is 51.0 Å². The Bertz CT molecular complexity index is 681. The van der Waals surface area contributed by atoms with Crippen molar-refractivity contribution in [2.24, 2.45) is 0 Å². The highest BCUT2D eigenvalue weighted by molar-refractivity contribution is 7.99. The zero-order valence-corrected chi connectivity index (χ0v) is 15.6. The van der Waals surface area contributed by atoms with Gasteiger partial charge in [0.2, 0.25) is 5.91 Å². The van der Waals surface area contributed by atoms with E-state index >= 15 is 0 Å². The van der Waals surface area contributed by atoms with Crippen LogP contribution >= 0.6 is 23.1 Å². The lowest BCUT2D eigenvalue weighted by Crippen LogP contribution is -2.32. The van der Waals surface area contributed by atoms with Crippen LogP contribution in [-0.4, -0.2) is 28.8 Å². The molecule has 0 aliphatic heterocycles. The smallest absolute Gasteiger partial charge is 0.233 e. The first-order valence-electron chi connectivity index (χ1n) is 8.25. The van der Waals surface area contributed by atoms with Crippen LogP contribution in [-0.2, 0) is 10.5 Å². The molecule has 1 aromatic carbocycles. The second kappa shape index (κ2) is 8.03. The third-order valence-electron chi connectivity index (χ3n) is 3.74. The molecule has 1 aromatic heterocycles. The van der Waals surface area contributed by atoms with Gasteiger partial charge in [0, 0.05) is 22.7 Å². The molecule has 1 aliphatic carbocycles. The number of ether oxygens (including phenoxy) is 1. The topological polar surface area (TPSA) is 51.2 Å². The molecule has 6 heteroatoms. The highest BCUT2D eigenvalue weighted by Gasteiger charge is 2.25. The maximum atomic E-state index is 12.0. The average Bonchev–Trinajstić information content (AvgIpc) is 3.27. The predicted octanol–water partition coefficient (Wildman–Crippen LogP) is 4.11. The largest absolute Gasteiger partial charge is 0.494 e. The fraction of sp³-hybridized carbons (Fsp3) is 0.444. The number of carbonyl (C=O) groups excluding carboxylic acids is 1. The summed E-state index contributed by atoms with van der Waals surface area (Å²) in [6.45, 7) is 4.61. The van der Waals surface area contributed by atoms with Gasteiger partial charge in [0.25, 0.3) is 0 Å². The van der Waals surface area contributed by atoms with Crippen LogP contribution in [0.1, 0.15) is 32.4 Å². The van der Waals surface area contributed by atoms with Crippen molar-refractivity contribution in [1.82, 2.24) is 10.3 Å². The molecule has 1 N–H and O–H groups in total. The van der Waals surface area contributed by atoms with Crippen molar-refractivity contribution < 1.29 is 9.53 Å². The van der Waals surface area contributed by atoms with E-state index in [-0.39, 0.29) is 11.2 Å². The normalized spacial score (nSPS) is 15.1. The van der Waals surface area contributed by atoms with Gasteiger partial charge in [-0.2, -0.15) is 0 Å². The number of thiazole rings is 1. The summed E-state index contributed by atoms with van der Waals surface area (Å²) in [5.74, 6) is 1.78. The number of benzene rings is 1. The molecule has 1 fully saturated rings. The summed E-state index contributed by atoms with van der Waals surface area (Å²) >= 11 is 3.27. The second-order valence-electron chi connectivity index (χ2n) is 5.84. The lowest BCUT2D eigenvalue weighted by Gasteiger charge is -2.10. The number of nitrogens with zero attached hydrogens (tertiary/aromatic N) is 1. The van der Waals surface area contributed by atoms with Gasteiger partial charge in [-0.3, -0.25) is 4.79 Å². The number of hydrogen-bond acceptors (Lipinski definition) is 5. The summed E-state index contributed by atoms with van der Waals surface area (Å²) in [5, 5.41) is 6.08. The Labute approximate surface area is 151 Å². The van der Waals surface area contributed by atoms with Crippen molar-refractivity contribution in [3.05, 3.63) is 35.3 Å². The molecule has 2 aromatic rings. The SMILES string of the molecule is CCOc1ccc(-c2nc(CSC(C)C(=O)NC3CC3)cs2)cc1. The predicted molar refractivity (Wildman–Crippen MR) is 101 cm³/mol. The van der Waals surface area contributed by atoms with Gasteiger partial charge in [-0.1, -0.05) is 0 Å². The standard InChI is InChI=1S/C18H22N2O2S2/c1-3-22-16-8-4-13(5-9-16)18-20-15(11-24-18)10-23-12(2)17(21)19-14-6-7-14/h4-5,8-9,11-12,14H,3,6-7,10H2,1-2H3,(H,19,21). The molecule has 4 nitrogen and oxygen atoms in total. The Morgan fingerprint density at radius 2 is 2.17 bits per heavy atom. The van der Waals surface area contributed by atoms with E-state index in [0.29, 0.717) is 12.6 Å². The van der Waals surface area contributed by atoms with Crippen LogP contribution in [0.5, 0.6) is 5.75 Å². The third-order valence-corrected chi connectivity index (χ3v) is 5.85. The maximum absolute atomic E-state index is 12.0. The van der Waals surface area contributed by atoms with Gasteiger partial charge in [0.15, 0.2) is 0 Å². The van der Waals surface area contributed by atoms with Crippen LogP contribution in [0.4, 0.5) is 0 Å². The number of rotatable bonds is 8. The first-order chi connectivity index (χ1) is 11.7. The minimum absolute atomic E-state index is 0.0405. The van der Waals surface area contributed by atoms with Gasteiger partial charge in [-0.15, -0.1) is 23.1 Å². The van der Waals surface area contributed by atoms with Gasteiger partial charge in [0.05, 0.1) is 17.6 Å². The van der Waals surface area contributed by atoms with E-state index in [4.69, 9.17) is 4.74 Å². The van der Waals surface area contributed by atoms with Crippen LogP contribution in [0.25, 0.3) is 10.6 Å². The Hall–Kier alpha value is -1.53. The van der Waals surface area contributed by atoms with Crippen molar-refractivity contribution >= 4 is 29.0 Å². The quantitative estimate of drug-likeness (QED) is 0.768. The molecule has 1 unspecified atom stereocenters. The average molecular weight is 363 g/mol. The second-order valence-corrected chi connectivity index (χ2v) is 8.02. The number of hydrogen-bond donors (Lipinski definition) is 1. The van der Waals surface area contributed by atoms with Gasteiger partial charge < -0.3 is 10.1 Å². The molecule has 1 heterocycles. The monoisotopic (exact) mass is 362 g/mol. The summed E-state index contributed by atoms with van der Waals surface area (Å²) in [6, 6.07) is 8.43. The van der Waals surface area contributed by atoms with Crippen molar-refractivity contribution in [2.45, 2.75) is 43.7 Å². The van der Waals surface area contributed by atoms with Crippen LogP contribution in [0.2, 0.25) is 0 Å². The van der Waals surface area contributed by atoms with E-state index in [9.17, 15) is 4.79 Å². The minimum atomic E-state index is -0.0405. The zero-order chi connectivity index (χ0) is 16.9. The molecule has 1 amide bonds. The Balaban J connectivity index is 1.53. The van der Waals surface area contributed by atoms with Gasteiger partial charge in [-0.25, -0.2) is 4.98 Å². The molecule has 0 saturated heterocycles. The van der Waals surface area contributed by atoms with Gasteiger partial charge in [0.1, 0.15) is 10.8 Å². The molecule has 1 aliphatic rings. The molecule has 1 atom stereocenters. The first kappa shape index (κ1) is 17.3. The molecule has 3 rings (SSSR count). The summed E-state index contributed by atoms with van der Waals surface area (Å²) in [5.41, 5.74) is 2.12. The van der Waals surface area contributed by atoms with Crippen molar-refractivity contribution in [1.29, 1.82) is 0 Å². The molecule has 24 heavy (non-hydrogen) atoms. The Morgan fingerprint density at radius 1 is 1.42 bits per heavy atom. The van der Waals surface area contributed by atoms with Crippen molar-refractivity contribution in [3.8, 4) is 16.3 Å². The Morgan fingerprint density at radius 3 is 2.83 bits per heavy atom. The van der Waals surface area contributed by atoms with Crippen molar-refractivity contribution in [2.75, 3.05) is 6.61 Å². The molecule has 0 spiro atoms.